The molecule has 0 aliphatic carbocycles. The number of nitrogens with one attached hydrogen (secondary N) is 1. The molecule has 1 aliphatic heterocycles. The Labute approximate surface area is 94.7 Å². The summed E-state index contributed by atoms with van der Waals surface area (Å²) in [6.45, 7) is 0.361. The highest BCUT2D eigenvalue weighted by molar-refractivity contribution is 9.10. The fraction of sp³-hybridized carbons (Fsp3) is 0.300. The van der Waals surface area contributed by atoms with Gasteiger partial charge in [-0.2, -0.15) is 0 Å². The highest BCUT2D eigenvalue weighted by Crippen LogP contribution is 2.29. The van der Waals surface area contributed by atoms with E-state index in [1.165, 1.54) is 6.07 Å². The average Bonchev–Trinajstić information content (AvgIpc) is 2.22. The molecule has 1 saturated heterocycles. The number of carbonyl (C=O) groups is 1. The van der Waals surface area contributed by atoms with Gasteiger partial charge < -0.3 is 10.1 Å². The van der Waals surface area contributed by atoms with E-state index in [1.54, 1.807) is 12.1 Å². The zero-order valence-corrected chi connectivity index (χ0v) is 9.38. The van der Waals surface area contributed by atoms with Crippen LogP contribution in [0.5, 0.6) is 0 Å². The van der Waals surface area contributed by atoms with Gasteiger partial charge in [0.25, 0.3) is 0 Å². The molecule has 0 radical (unpaired) electrons. The lowest BCUT2D eigenvalue weighted by Crippen LogP contribution is -2.35. The molecule has 1 aliphatic rings. The van der Waals surface area contributed by atoms with E-state index in [1.807, 2.05) is 0 Å². The summed E-state index contributed by atoms with van der Waals surface area (Å²) in [5.74, 6) is -0.326. The molecule has 1 atom stereocenters. The summed E-state index contributed by atoms with van der Waals surface area (Å²) in [5, 5.41) is 2.64. The monoisotopic (exact) mass is 273 g/mol. The molecule has 1 aromatic rings. The van der Waals surface area contributed by atoms with E-state index in [4.69, 9.17) is 4.74 Å². The zero-order chi connectivity index (χ0) is 10.8. The lowest BCUT2D eigenvalue weighted by Gasteiger charge is -2.24. The summed E-state index contributed by atoms with van der Waals surface area (Å²) < 4.78 is 18.4. The molecule has 80 valence electrons. The Hall–Kier alpha value is -1.10. The first-order valence-electron chi connectivity index (χ1n) is 4.55. The molecule has 0 bridgehead atoms. The minimum absolute atomic E-state index is 0.184. The van der Waals surface area contributed by atoms with Gasteiger partial charge in [0.15, 0.2) is 0 Å². The summed E-state index contributed by atoms with van der Waals surface area (Å²) in [6.07, 6.45) is 0.191. The Morgan fingerprint density at radius 1 is 1.53 bits per heavy atom. The first-order chi connectivity index (χ1) is 7.18. The number of ether oxygens (including phenoxy) is 1. The Bertz CT molecular complexity index is 397. The highest BCUT2D eigenvalue weighted by atomic mass is 79.9. The summed E-state index contributed by atoms with van der Waals surface area (Å²) in [5.41, 5.74) is 0.742. The molecule has 0 unspecified atom stereocenters. The Morgan fingerprint density at radius 3 is 3.07 bits per heavy atom. The first kappa shape index (κ1) is 10.4. The molecule has 0 saturated carbocycles. The zero-order valence-electron chi connectivity index (χ0n) is 7.80. The van der Waals surface area contributed by atoms with E-state index >= 15 is 0 Å². The smallest absolute Gasteiger partial charge is 0.407 e. The second kappa shape index (κ2) is 4.18. The highest BCUT2D eigenvalue weighted by Gasteiger charge is 2.23. The predicted octanol–water partition coefficient (Wildman–Crippen LogP) is 2.76. The van der Waals surface area contributed by atoms with E-state index in [0.717, 1.165) is 5.56 Å². The van der Waals surface area contributed by atoms with E-state index in [-0.39, 0.29) is 11.9 Å². The lowest BCUT2D eigenvalue weighted by molar-refractivity contribution is 0.115. The number of carbonyl (C=O) groups excluding carboxylic acids is 1. The van der Waals surface area contributed by atoms with Crippen molar-refractivity contribution in [1.29, 1.82) is 0 Å². The number of hydrogen-bond donors (Lipinski definition) is 1. The van der Waals surface area contributed by atoms with Gasteiger partial charge in [0.1, 0.15) is 5.82 Å². The number of benzene rings is 1. The fourth-order valence-electron chi connectivity index (χ4n) is 1.55. The molecule has 1 heterocycles. The van der Waals surface area contributed by atoms with Crippen molar-refractivity contribution in [3.8, 4) is 0 Å². The van der Waals surface area contributed by atoms with Crippen molar-refractivity contribution in [2.75, 3.05) is 6.61 Å². The van der Waals surface area contributed by atoms with Gasteiger partial charge in [-0.25, -0.2) is 9.18 Å². The van der Waals surface area contributed by atoms with Crippen LogP contribution in [0.15, 0.2) is 22.7 Å². The first-order valence-corrected chi connectivity index (χ1v) is 5.35. The van der Waals surface area contributed by atoms with Crippen molar-refractivity contribution in [1.82, 2.24) is 5.32 Å². The van der Waals surface area contributed by atoms with Crippen LogP contribution in [-0.4, -0.2) is 12.7 Å². The van der Waals surface area contributed by atoms with Crippen molar-refractivity contribution in [3.63, 3.8) is 0 Å². The summed E-state index contributed by atoms with van der Waals surface area (Å²) >= 11 is 3.17. The average molecular weight is 274 g/mol. The molecule has 5 heteroatoms. The lowest BCUT2D eigenvalue weighted by atomic mass is 10.0. The molecular formula is C10H9BrFNO2. The summed E-state index contributed by atoms with van der Waals surface area (Å²) in [7, 11) is 0. The topological polar surface area (TPSA) is 38.3 Å². The number of hydrogen-bond acceptors (Lipinski definition) is 2. The maximum atomic E-state index is 13.2. The number of cyclic esters (lactones) is 1. The second-order valence-electron chi connectivity index (χ2n) is 3.26. The van der Waals surface area contributed by atoms with Crippen molar-refractivity contribution >= 4 is 22.0 Å². The van der Waals surface area contributed by atoms with Crippen LogP contribution >= 0.6 is 15.9 Å². The maximum absolute atomic E-state index is 13.2. The van der Waals surface area contributed by atoms with Crippen molar-refractivity contribution in [2.45, 2.75) is 12.5 Å². The number of alkyl carbamates (subject to hydrolysis) is 1. The summed E-state index contributed by atoms with van der Waals surface area (Å²) in [4.78, 5) is 11.0. The van der Waals surface area contributed by atoms with Crippen LogP contribution in [0.2, 0.25) is 0 Å². The minimum atomic E-state index is -0.456. The molecule has 1 N–H and O–H groups in total. The molecular weight excluding hydrogens is 265 g/mol. The molecule has 0 aromatic heterocycles. The van der Waals surface area contributed by atoms with Crippen LogP contribution in [0.4, 0.5) is 9.18 Å². The third kappa shape index (κ3) is 2.12. The third-order valence-electron chi connectivity index (χ3n) is 2.29. The summed E-state index contributed by atoms with van der Waals surface area (Å²) in [6, 6.07) is 4.59. The van der Waals surface area contributed by atoms with Crippen molar-refractivity contribution in [2.24, 2.45) is 0 Å². The fourth-order valence-corrected chi connectivity index (χ4v) is 2.09. The quantitative estimate of drug-likeness (QED) is 0.855. The second-order valence-corrected chi connectivity index (χ2v) is 4.06. The van der Waals surface area contributed by atoms with Gasteiger partial charge in [-0.3, -0.25) is 0 Å². The Balaban J connectivity index is 2.28. The standard InChI is InChI=1S/C10H9BrFNO2/c11-9-6(2-1-3-7(9)12)8-4-5-15-10(14)13-8/h1-3,8H,4-5H2,(H,13,14)/t8-/m1/s1. The van der Waals surface area contributed by atoms with Crippen LogP contribution in [0.3, 0.4) is 0 Å². The third-order valence-corrected chi connectivity index (χ3v) is 3.13. The van der Waals surface area contributed by atoms with Gasteiger partial charge in [-0.15, -0.1) is 0 Å². The van der Waals surface area contributed by atoms with E-state index in [0.29, 0.717) is 17.5 Å². The number of amides is 1. The molecule has 1 amide bonds. The predicted molar refractivity (Wildman–Crippen MR) is 55.9 cm³/mol. The van der Waals surface area contributed by atoms with Crippen LogP contribution in [0.1, 0.15) is 18.0 Å². The SMILES string of the molecule is O=C1N[C@@H](c2cccc(F)c2Br)CCO1. The van der Waals surface area contributed by atoms with Crippen molar-refractivity contribution in [3.05, 3.63) is 34.1 Å². The van der Waals surface area contributed by atoms with E-state index in [2.05, 4.69) is 21.2 Å². The van der Waals surface area contributed by atoms with Gasteiger partial charge in [0.05, 0.1) is 17.1 Å². The van der Waals surface area contributed by atoms with Gasteiger partial charge in [0.2, 0.25) is 0 Å². The number of halogens is 2. The molecule has 0 spiro atoms. The van der Waals surface area contributed by atoms with Crippen LogP contribution in [-0.2, 0) is 4.74 Å². The van der Waals surface area contributed by atoms with Crippen molar-refractivity contribution < 1.29 is 13.9 Å². The van der Waals surface area contributed by atoms with Gasteiger partial charge >= 0.3 is 6.09 Å². The van der Waals surface area contributed by atoms with Crippen LogP contribution in [0.25, 0.3) is 0 Å². The van der Waals surface area contributed by atoms with Crippen LogP contribution in [0, 0.1) is 5.82 Å². The van der Waals surface area contributed by atoms with E-state index in [9.17, 15) is 9.18 Å². The molecule has 2 rings (SSSR count). The normalized spacial score (nSPS) is 20.7. The molecule has 15 heavy (non-hydrogen) atoms. The minimum Gasteiger partial charge on any atom is -0.449 e. The Kier molecular flexibility index (Phi) is 2.90. The van der Waals surface area contributed by atoms with Crippen LogP contribution < -0.4 is 5.32 Å². The molecule has 1 aromatic carbocycles. The largest absolute Gasteiger partial charge is 0.449 e. The van der Waals surface area contributed by atoms with Gasteiger partial charge in [-0.1, -0.05) is 12.1 Å². The van der Waals surface area contributed by atoms with Gasteiger partial charge in [-0.05, 0) is 27.6 Å². The number of rotatable bonds is 1. The molecule has 1 fully saturated rings. The maximum Gasteiger partial charge on any atom is 0.407 e. The Morgan fingerprint density at radius 2 is 2.33 bits per heavy atom. The van der Waals surface area contributed by atoms with Gasteiger partial charge in [0, 0.05) is 6.42 Å². The van der Waals surface area contributed by atoms with E-state index < -0.39 is 6.09 Å². The molecule has 3 nitrogen and oxygen atoms in total.